The van der Waals surface area contributed by atoms with E-state index in [0.717, 1.165) is 3.57 Å². The van der Waals surface area contributed by atoms with E-state index in [1.54, 1.807) is 6.07 Å². The number of hydrogen-bond donors (Lipinski definition) is 1. The van der Waals surface area contributed by atoms with Crippen LogP contribution in [0.1, 0.15) is 10.4 Å². The van der Waals surface area contributed by atoms with Crippen molar-refractivity contribution in [1.82, 2.24) is 5.32 Å². The zero-order valence-electron chi connectivity index (χ0n) is 7.53. The Balaban J connectivity index is 2.62. The molecule has 0 fully saturated rings. The van der Waals surface area contributed by atoms with Crippen LogP contribution in [0.25, 0.3) is 4.85 Å². The van der Waals surface area contributed by atoms with Crippen LogP contribution < -0.4 is 5.32 Å². The van der Waals surface area contributed by atoms with Gasteiger partial charge in [0.05, 0.1) is 12.1 Å². The van der Waals surface area contributed by atoms with Crippen LogP contribution in [0.4, 0.5) is 0 Å². The van der Waals surface area contributed by atoms with Crippen LogP contribution in [0.3, 0.4) is 0 Å². The van der Waals surface area contributed by atoms with Gasteiger partial charge in [0.15, 0.2) is 0 Å². The van der Waals surface area contributed by atoms with Gasteiger partial charge in [-0.1, -0.05) is 17.0 Å². The van der Waals surface area contributed by atoms with Crippen molar-refractivity contribution in [3.63, 3.8) is 0 Å². The van der Waals surface area contributed by atoms with Crippen LogP contribution in [0.5, 0.6) is 0 Å². The summed E-state index contributed by atoms with van der Waals surface area (Å²) in [5.74, 6) is -0.0846. The molecule has 0 radical (unpaired) electrons. The molecule has 1 amide bonds. The molecule has 0 heterocycles. The number of carbonyl (C=O) groups is 1. The van der Waals surface area contributed by atoms with E-state index in [0.29, 0.717) is 18.7 Å². The Bertz CT molecular complexity index is 371. The maximum absolute atomic E-state index is 11.5. The highest BCUT2D eigenvalue weighted by Gasteiger charge is 2.08. The molecule has 14 heavy (non-hydrogen) atoms. The smallest absolute Gasteiger partial charge is 0.280 e. The third-order valence-electron chi connectivity index (χ3n) is 1.64. The number of halogens is 1. The third kappa shape index (κ3) is 3.00. The highest BCUT2D eigenvalue weighted by Crippen LogP contribution is 2.10. The second-order valence-electron chi connectivity index (χ2n) is 2.64. The van der Waals surface area contributed by atoms with Gasteiger partial charge in [0.25, 0.3) is 19.0 Å². The molecule has 0 aliphatic heterocycles. The average molecular weight is 301 g/mol. The lowest BCUT2D eigenvalue weighted by Gasteiger charge is -2.02. The molecule has 1 aromatic rings. The number of rotatable bonds is 3. The van der Waals surface area contributed by atoms with E-state index < -0.39 is 0 Å². The monoisotopic (exact) mass is 301 g/mol. The molecule has 0 saturated carbocycles. The zero-order chi connectivity index (χ0) is 10.4. The zero-order valence-corrected chi connectivity index (χ0v) is 9.69. The fourth-order valence-electron chi connectivity index (χ4n) is 0.975. The quantitative estimate of drug-likeness (QED) is 0.672. The largest absolute Gasteiger partial charge is 0.344 e. The molecule has 1 rings (SSSR count). The SMILES string of the molecule is C#[N+]CCNC(=O)c1ccccc1I. The Hall–Kier alpha value is -1.09. The first-order valence-electron chi connectivity index (χ1n) is 4.15. The van der Waals surface area contributed by atoms with E-state index in [-0.39, 0.29) is 5.91 Å². The van der Waals surface area contributed by atoms with E-state index >= 15 is 0 Å². The van der Waals surface area contributed by atoms with E-state index in [4.69, 9.17) is 6.57 Å². The summed E-state index contributed by atoms with van der Waals surface area (Å²) in [6.45, 7) is 5.87. The van der Waals surface area contributed by atoms with Crippen molar-refractivity contribution >= 4 is 28.5 Å². The van der Waals surface area contributed by atoms with Crippen molar-refractivity contribution in [2.45, 2.75) is 0 Å². The normalized spacial score (nSPS) is 9.14. The molecule has 0 aliphatic rings. The lowest BCUT2D eigenvalue weighted by atomic mass is 10.2. The van der Waals surface area contributed by atoms with E-state index in [2.05, 4.69) is 32.8 Å². The molecular formula is C10H10IN2O+. The Labute approximate surface area is 96.5 Å². The highest BCUT2D eigenvalue weighted by atomic mass is 127. The predicted octanol–water partition coefficient (Wildman–Crippen LogP) is 1.98. The number of hydrogen-bond acceptors (Lipinski definition) is 1. The van der Waals surface area contributed by atoms with Gasteiger partial charge in [-0.15, -0.1) is 0 Å². The summed E-state index contributed by atoms with van der Waals surface area (Å²) in [5, 5.41) is 2.72. The topological polar surface area (TPSA) is 33.5 Å². The maximum Gasteiger partial charge on any atom is 0.280 e. The van der Waals surface area contributed by atoms with Gasteiger partial charge >= 0.3 is 0 Å². The van der Waals surface area contributed by atoms with E-state index in [1.807, 2.05) is 18.2 Å². The fraction of sp³-hybridized carbons (Fsp3) is 0.200. The average Bonchev–Trinajstić information content (AvgIpc) is 2.18. The fourth-order valence-corrected chi connectivity index (χ4v) is 1.61. The van der Waals surface area contributed by atoms with Crippen LogP contribution in [-0.4, -0.2) is 19.0 Å². The molecule has 0 saturated heterocycles. The summed E-state index contributed by atoms with van der Waals surface area (Å²) >= 11 is 2.13. The van der Waals surface area contributed by atoms with Gasteiger partial charge in [-0.25, -0.2) is 0 Å². The first kappa shape index (κ1) is 11.0. The van der Waals surface area contributed by atoms with Gasteiger partial charge in [-0.05, 0) is 34.7 Å². The standard InChI is InChI=1S/C10H9IN2O/c1-12-6-7-13-10(14)8-4-2-3-5-9(8)11/h1-5H,6-7H2/p+1. The summed E-state index contributed by atoms with van der Waals surface area (Å²) in [7, 11) is 0. The summed E-state index contributed by atoms with van der Waals surface area (Å²) in [4.78, 5) is 14.9. The summed E-state index contributed by atoms with van der Waals surface area (Å²) in [6, 6.07) is 7.41. The highest BCUT2D eigenvalue weighted by molar-refractivity contribution is 14.1. The first-order valence-corrected chi connectivity index (χ1v) is 5.23. The van der Waals surface area contributed by atoms with Gasteiger partial charge in [0.1, 0.15) is 0 Å². The summed E-state index contributed by atoms with van der Waals surface area (Å²) < 4.78 is 0.937. The Morgan fingerprint density at radius 3 is 2.86 bits per heavy atom. The summed E-state index contributed by atoms with van der Waals surface area (Å²) in [5.41, 5.74) is 0.685. The molecule has 0 aromatic heterocycles. The molecule has 1 N–H and O–H groups in total. The van der Waals surface area contributed by atoms with Crippen LogP contribution in [0, 0.1) is 10.1 Å². The molecule has 3 nitrogen and oxygen atoms in total. The minimum Gasteiger partial charge on any atom is -0.344 e. The molecule has 1 aromatic carbocycles. The number of nitrogens with zero attached hydrogens (tertiary/aromatic N) is 1. The second kappa shape index (κ2) is 5.60. The third-order valence-corrected chi connectivity index (χ3v) is 2.59. The number of carbonyl (C=O) groups excluding carboxylic acids is 1. The molecule has 4 heteroatoms. The van der Waals surface area contributed by atoms with E-state index in [1.165, 1.54) is 0 Å². The maximum atomic E-state index is 11.5. The molecule has 0 aliphatic carbocycles. The van der Waals surface area contributed by atoms with Gasteiger partial charge in [-0.3, -0.25) is 4.79 Å². The van der Waals surface area contributed by atoms with Crippen molar-refractivity contribution in [2.75, 3.05) is 13.1 Å². The van der Waals surface area contributed by atoms with Crippen LogP contribution >= 0.6 is 22.6 Å². The van der Waals surface area contributed by atoms with Crippen molar-refractivity contribution in [3.05, 3.63) is 38.2 Å². The summed E-state index contributed by atoms with van der Waals surface area (Å²) in [6.07, 6.45) is 0. The van der Waals surface area contributed by atoms with Crippen molar-refractivity contribution in [3.8, 4) is 6.57 Å². The minimum atomic E-state index is -0.0846. The van der Waals surface area contributed by atoms with Crippen LogP contribution in [-0.2, 0) is 0 Å². The van der Waals surface area contributed by atoms with Crippen molar-refractivity contribution in [2.24, 2.45) is 0 Å². The number of benzene rings is 1. The van der Waals surface area contributed by atoms with Gasteiger partial charge in [0.2, 0.25) is 0 Å². The number of amides is 1. The molecule has 72 valence electrons. The van der Waals surface area contributed by atoms with Gasteiger partial charge in [-0.2, -0.15) is 0 Å². The minimum absolute atomic E-state index is 0.0846. The Morgan fingerprint density at radius 2 is 2.21 bits per heavy atom. The molecule has 0 unspecified atom stereocenters. The molecular weight excluding hydrogens is 291 g/mol. The molecule has 0 atom stereocenters. The lowest BCUT2D eigenvalue weighted by Crippen LogP contribution is -2.26. The van der Waals surface area contributed by atoms with E-state index in [9.17, 15) is 4.79 Å². The molecule has 0 spiro atoms. The number of nitrogens with one attached hydrogen (secondary N) is 1. The van der Waals surface area contributed by atoms with Gasteiger partial charge < -0.3 is 5.32 Å². The predicted molar refractivity (Wildman–Crippen MR) is 64.7 cm³/mol. The second-order valence-corrected chi connectivity index (χ2v) is 3.80. The Kier molecular flexibility index (Phi) is 4.40. The van der Waals surface area contributed by atoms with Crippen LogP contribution in [0.15, 0.2) is 24.3 Å². The van der Waals surface area contributed by atoms with Crippen LogP contribution in [0.2, 0.25) is 0 Å². The van der Waals surface area contributed by atoms with Crippen molar-refractivity contribution in [1.29, 1.82) is 0 Å². The van der Waals surface area contributed by atoms with Crippen molar-refractivity contribution < 1.29 is 4.79 Å². The Morgan fingerprint density at radius 1 is 1.50 bits per heavy atom. The first-order chi connectivity index (χ1) is 6.75. The molecule has 0 bridgehead atoms. The lowest BCUT2D eigenvalue weighted by molar-refractivity contribution is 0.0954. The van der Waals surface area contributed by atoms with Gasteiger partial charge in [0, 0.05) is 3.57 Å².